The van der Waals surface area contributed by atoms with Crippen LogP contribution in [0, 0.1) is 0 Å². The number of unbranched alkanes of at least 4 members (excludes halogenated alkanes) is 30. The molecule has 4 N–H and O–H groups in total. The van der Waals surface area contributed by atoms with E-state index in [2.05, 4.69) is 26.0 Å². The highest BCUT2D eigenvalue weighted by Crippen LogP contribution is 2.24. The summed E-state index contributed by atoms with van der Waals surface area (Å²) in [4.78, 5) is 25.5. The van der Waals surface area contributed by atoms with Gasteiger partial charge in [0.05, 0.1) is 6.61 Å². The Kier molecular flexibility index (Phi) is 38.3. The molecule has 0 aromatic rings. The third-order valence-electron chi connectivity index (χ3n) is 12.1. The molecule has 372 valence electrons. The van der Waals surface area contributed by atoms with Gasteiger partial charge in [-0.2, -0.15) is 8.42 Å². The second-order valence-corrected chi connectivity index (χ2v) is 19.7. The molecule has 6 atom stereocenters. The van der Waals surface area contributed by atoms with Gasteiger partial charge in [-0.25, -0.2) is 0 Å². The molecule has 63 heavy (non-hydrogen) atoms. The first kappa shape index (κ1) is 59.4. The predicted molar refractivity (Wildman–Crippen MR) is 252 cm³/mol. The van der Waals surface area contributed by atoms with Crippen LogP contribution in [0.1, 0.15) is 239 Å². The Bertz CT molecular complexity index is 1210. The second kappa shape index (κ2) is 40.6. The molecule has 0 spiro atoms. The van der Waals surface area contributed by atoms with Gasteiger partial charge in [0, 0.05) is 12.8 Å². The number of aliphatic hydroxyl groups is 3. The van der Waals surface area contributed by atoms with Crippen molar-refractivity contribution in [1.82, 2.24) is 0 Å². The van der Waals surface area contributed by atoms with E-state index in [1.165, 1.54) is 141 Å². The van der Waals surface area contributed by atoms with Crippen LogP contribution in [0.25, 0.3) is 0 Å². The Balaban J connectivity index is 2.35. The van der Waals surface area contributed by atoms with E-state index in [0.29, 0.717) is 12.8 Å². The molecule has 1 saturated heterocycles. The van der Waals surface area contributed by atoms with Crippen LogP contribution in [0.5, 0.6) is 0 Å². The lowest BCUT2D eigenvalue weighted by Gasteiger charge is -2.40. The fraction of sp³-hybridized carbons (Fsp3) is 0.920. The molecule has 0 saturated carbocycles. The lowest BCUT2D eigenvalue weighted by Crippen LogP contribution is -2.60. The van der Waals surface area contributed by atoms with Crippen molar-refractivity contribution in [2.75, 3.05) is 19.0 Å². The van der Waals surface area contributed by atoms with Gasteiger partial charge in [-0.15, -0.1) is 0 Å². The Morgan fingerprint density at radius 3 is 1.32 bits per heavy atom. The number of hydrogen-bond acceptors (Lipinski definition) is 11. The molecule has 1 rings (SSSR count). The quantitative estimate of drug-likeness (QED) is 0.0196. The number of rotatable bonds is 44. The second-order valence-electron chi connectivity index (χ2n) is 18.2. The first-order valence-electron chi connectivity index (χ1n) is 25.7. The van der Waals surface area contributed by atoms with Crippen molar-refractivity contribution in [3.05, 3.63) is 12.2 Å². The van der Waals surface area contributed by atoms with E-state index in [1.54, 1.807) is 0 Å². The largest absolute Gasteiger partial charge is 0.462 e. The van der Waals surface area contributed by atoms with Crippen molar-refractivity contribution >= 4 is 22.1 Å². The van der Waals surface area contributed by atoms with E-state index in [9.17, 15) is 37.9 Å². The van der Waals surface area contributed by atoms with Gasteiger partial charge in [0.25, 0.3) is 10.1 Å². The van der Waals surface area contributed by atoms with Crippen LogP contribution in [0.2, 0.25) is 0 Å². The van der Waals surface area contributed by atoms with Gasteiger partial charge in [0.2, 0.25) is 0 Å². The van der Waals surface area contributed by atoms with E-state index in [0.717, 1.165) is 57.8 Å². The number of carbonyl (C=O) groups is 2. The third kappa shape index (κ3) is 35.3. The van der Waals surface area contributed by atoms with Crippen molar-refractivity contribution in [3.8, 4) is 0 Å². The summed E-state index contributed by atoms with van der Waals surface area (Å²) in [5.41, 5.74) is 0. The minimum atomic E-state index is -4.60. The van der Waals surface area contributed by atoms with Gasteiger partial charge in [0.15, 0.2) is 12.4 Å². The summed E-state index contributed by atoms with van der Waals surface area (Å²) in [5.74, 6) is -1.98. The number of hydrogen-bond donors (Lipinski definition) is 4. The maximum atomic E-state index is 12.8. The van der Waals surface area contributed by atoms with Gasteiger partial charge in [-0.1, -0.05) is 199 Å². The SMILES string of the molecule is CCCCCCCC/C=C/CCCCCCCC(=O)O[C@H](COC(=O)CCCCCCCCCCCCCCCCCCCCCC)CO[C@H]1O[C@H](CS(=O)(=O)O)[C@@H](O)C(O)C1O. The minimum Gasteiger partial charge on any atom is -0.462 e. The molecular formula is C50H94O12S. The van der Waals surface area contributed by atoms with Gasteiger partial charge in [0.1, 0.15) is 36.8 Å². The molecule has 1 heterocycles. The maximum Gasteiger partial charge on any atom is 0.306 e. The molecule has 12 nitrogen and oxygen atoms in total. The van der Waals surface area contributed by atoms with Crippen molar-refractivity contribution in [3.63, 3.8) is 0 Å². The van der Waals surface area contributed by atoms with Crippen LogP contribution in [0.4, 0.5) is 0 Å². The molecule has 0 amide bonds. The van der Waals surface area contributed by atoms with E-state index in [-0.39, 0.29) is 19.4 Å². The molecule has 0 bridgehead atoms. The average molecular weight is 919 g/mol. The third-order valence-corrected chi connectivity index (χ3v) is 12.8. The average Bonchev–Trinajstić information content (AvgIpc) is 3.25. The van der Waals surface area contributed by atoms with Crippen molar-refractivity contribution < 1.29 is 56.8 Å². The van der Waals surface area contributed by atoms with E-state index in [4.69, 9.17) is 18.9 Å². The summed E-state index contributed by atoms with van der Waals surface area (Å²) in [6.45, 7) is 3.79. The topological polar surface area (TPSA) is 186 Å². The number of aliphatic hydroxyl groups excluding tert-OH is 3. The fourth-order valence-corrected chi connectivity index (χ4v) is 8.78. The lowest BCUT2D eigenvalue weighted by molar-refractivity contribution is -0.297. The zero-order chi connectivity index (χ0) is 46.2. The van der Waals surface area contributed by atoms with Gasteiger partial charge in [-0.3, -0.25) is 14.1 Å². The minimum absolute atomic E-state index is 0.159. The highest BCUT2D eigenvalue weighted by Gasteiger charge is 2.46. The summed E-state index contributed by atoms with van der Waals surface area (Å²) in [7, 11) is -4.60. The van der Waals surface area contributed by atoms with E-state index >= 15 is 0 Å². The highest BCUT2D eigenvalue weighted by atomic mass is 32.2. The molecule has 0 aliphatic carbocycles. The van der Waals surface area contributed by atoms with Gasteiger partial charge in [-0.05, 0) is 38.5 Å². The monoisotopic (exact) mass is 919 g/mol. The fourth-order valence-electron chi connectivity index (χ4n) is 8.09. The maximum absolute atomic E-state index is 12.8. The summed E-state index contributed by atoms with van der Waals surface area (Å²) in [6.07, 6.45) is 35.4. The smallest absolute Gasteiger partial charge is 0.306 e. The zero-order valence-electron chi connectivity index (χ0n) is 40.0. The number of ether oxygens (including phenoxy) is 4. The first-order valence-corrected chi connectivity index (χ1v) is 27.4. The van der Waals surface area contributed by atoms with Crippen LogP contribution in [0.3, 0.4) is 0 Å². The van der Waals surface area contributed by atoms with Crippen LogP contribution >= 0.6 is 0 Å². The normalized spacial score (nSPS) is 19.7. The number of esters is 2. The molecule has 13 heteroatoms. The summed E-state index contributed by atoms with van der Waals surface area (Å²) in [5, 5.41) is 30.9. The van der Waals surface area contributed by atoms with E-state index in [1.807, 2.05) is 0 Å². The lowest BCUT2D eigenvalue weighted by atomic mass is 10.00. The van der Waals surface area contributed by atoms with Crippen LogP contribution < -0.4 is 0 Å². The van der Waals surface area contributed by atoms with Crippen molar-refractivity contribution in [2.24, 2.45) is 0 Å². The summed E-state index contributed by atoms with van der Waals surface area (Å²) in [6, 6.07) is 0. The van der Waals surface area contributed by atoms with Crippen molar-refractivity contribution in [1.29, 1.82) is 0 Å². The standard InChI is InChI=1S/C50H94O12S/c1-3-5-7-9-11-13-15-17-19-20-21-22-23-25-26-28-30-32-34-36-38-45(51)59-40-43(41-60-50-49(55)48(54)47(53)44(62-50)42-63(56,57)58)61-46(52)39-37-35-33-31-29-27-24-18-16-14-12-10-8-6-4-2/h18,24,43-44,47-50,53-55H,3-17,19-23,25-42H2,1-2H3,(H,56,57,58)/b24-18+/t43-,44-,47-,48?,49?,50+/m1/s1. The molecule has 2 unspecified atom stereocenters. The summed E-state index contributed by atoms with van der Waals surface area (Å²) < 4.78 is 54.2. The predicted octanol–water partition coefficient (Wildman–Crippen LogP) is 11.4. The Morgan fingerprint density at radius 1 is 0.524 bits per heavy atom. The van der Waals surface area contributed by atoms with Crippen molar-refractivity contribution in [2.45, 2.75) is 275 Å². The Morgan fingerprint density at radius 2 is 0.905 bits per heavy atom. The Hall–Kier alpha value is -1.61. The zero-order valence-corrected chi connectivity index (χ0v) is 40.8. The molecule has 1 fully saturated rings. The molecule has 0 aromatic carbocycles. The van der Waals surface area contributed by atoms with E-state index < -0.39 is 71.2 Å². The molecule has 0 radical (unpaired) electrons. The molecule has 1 aliphatic heterocycles. The van der Waals surface area contributed by atoms with Crippen LogP contribution in [-0.4, -0.2) is 96.0 Å². The van der Waals surface area contributed by atoms with Gasteiger partial charge >= 0.3 is 11.9 Å². The first-order chi connectivity index (χ1) is 30.5. The number of carbonyl (C=O) groups excluding carboxylic acids is 2. The molecule has 0 aromatic heterocycles. The van der Waals surface area contributed by atoms with Gasteiger partial charge < -0.3 is 34.3 Å². The highest BCUT2D eigenvalue weighted by molar-refractivity contribution is 7.85. The number of allylic oxidation sites excluding steroid dienone is 2. The van der Waals surface area contributed by atoms with Crippen LogP contribution in [-0.2, 0) is 38.7 Å². The summed E-state index contributed by atoms with van der Waals surface area (Å²) >= 11 is 0. The Labute approximate surface area is 384 Å². The molecular weight excluding hydrogens is 825 g/mol. The molecule has 1 aliphatic rings. The van der Waals surface area contributed by atoms with Crippen LogP contribution in [0.15, 0.2) is 12.2 Å².